The molecule has 1 heterocycles. The van der Waals surface area contributed by atoms with E-state index in [1.54, 1.807) is 0 Å². The smallest absolute Gasteiger partial charge is 0.157 e. The van der Waals surface area contributed by atoms with E-state index < -0.39 is 5.54 Å². The van der Waals surface area contributed by atoms with Crippen LogP contribution in [0.1, 0.15) is 25.8 Å². The Morgan fingerprint density at radius 3 is 2.67 bits per heavy atom. The summed E-state index contributed by atoms with van der Waals surface area (Å²) in [4.78, 5) is 15.1. The largest absolute Gasteiger partial charge is 0.379 e. The van der Waals surface area contributed by atoms with E-state index >= 15 is 0 Å². The number of hydrogen-bond donors (Lipinski definition) is 0. The lowest BCUT2D eigenvalue weighted by Gasteiger charge is -2.41. The van der Waals surface area contributed by atoms with Crippen molar-refractivity contribution < 1.29 is 9.53 Å². The van der Waals surface area contributed by atoms with Gasteiger partial charge in [0.1, 0.15) is 0 Å². The molecule has 1 aliphatic heterocycles. The van der Waals surface area contributed by atoms with Crippen LogP contribution in [-0.2, 0) is 16.0 Å². The van der Waals surface area contributed by atoms with Gasteiger partial charge in [0.2, 0.25) is 0 Å². The highest BCUT2D eigenvalue weighted by molar-refractivity contribution is 9.10. The minimum absolute atomic E-state index is 0.219. The zero-order chi connectivity index (χ0) is 15.5. The Hall–Kier alpha value is -0.420. The lowest BCUT2D eigenvalue weighted by molar-refractivity contribution is -0.133. The molecule has 0 aromatic heterocycles. The van der Waals surface area contributed by atoms with E-state index in [9.17, 15) is 4.79 Å². The first-order valence-corrected chi connectivity index (χ1v) is 8.44. The summed E-state index contributed by atoms with van der Waals surface area (Å²) in [5, 5.41) is 0.637. The molecule has 0 amide bonds. The molecule has 116 valence electrons. The first-order valence-electron chi connectivity index (χ1n) is 7.27. The summed E-state index contributed by atoms with van der Waals surface area (Å²) in [5.74, 6) is 0.219. The van der Waals surface area contributed by atoms with Crippen molar-refractivity contribution >= 4 is 33.3 Å². The van der Waals surface area contributed by atoms with Gasteiger partial charge in [-0.25, -0.2) is 0 Å². The molecule has 0 aliphatic carbocycles. The number of nitrogens with zero attached hydrogens (tertiary/aromatic N) is 1. The summed E-state index contributed by atoms with van der Waals surface area (Å²) in [6.45, 7) is 7.11. The van der Waals surface area contributed by atoms with Crippen molar-refractivity contribution in [1.29, 1.82) is 0 Å². The van der Waals surface area contributed by atoms with E-state index in [-0.39, 0.29) is 5.78 Å². The van der Waals surface area contributed by atoms with Crippen LogP contribution in [0.25, 0.3) is 0 Å². The number of morpholine rings is 1. The van der Waals surface area contributed by atoms with Gasteiger partial charge < -0.3 is 4.74 Å². The normalized spacial score (nSPS) is 19.2. The Morgan fingerprint density at radius 2 is 2.10 bits per heavy atom. The number of rotatable bonds is 5. The monoisotopic (exact) mass is 373 g/mol. The molecule has 0 spiro atoms. The average Bonchev–Trinajstić information content (AvgIpc) is 2.50. The highest BCUT2D eigenvalue weighted by Crippen LogP contribution is 2.27. The third-order valence-electron chi connectivity index (χ3n) is 4.36. The topological polar surface area (TPSA) is 29.5 Å². The van der Waals surface area contributed by atoms with Crippen LogP contribution in [0.5, 0.6) is 0 Å². The Labute approximate surface area is 139 Å². The maximum atomic E-state index is 12.8. The minimum atomic E-state index is -0.444. The highest BCUT2D eigenvalue weighted by atomic mass is 79.9. The van der Waals surface area contributed by atoms with Crippen LogP contribution in [0, 0.1) is 0 Å². The molecule has 2 rings (SSSR count). The third-order valence-corrected chi connectivity index (χ3v) is 5.21. The number of ether oxygens (including phenoxy) is 1. The van der Waals surface area contributed by atoms with Gasteiger partial charge >= 0.3 is 0 Å². The fraction of sp³-hybridized carbons (Fsp3) is 0.562. The standard InChI is InChI=1S/C16H21BrClNO2/c1-3-16(2,19-6-8-21-9-7-19)15(20)10-12-4-5-13(17)11-14(12)18/h4-5,11H,3,6-10H2,1-2H3. The molecule has 0 radical (unpaired) electrons. The van der Waals surface area contributed by atoms with Crippen molar-refractivity contribution in [1.82, 2.24) is 4.90 Å². The summed E-state index contributed by atoms with van der Waals surface area (Å²) in [6, 6.07) is 5.68. The molecule has 1 atom stereocenters. The quantitative estimate of drug-likeness (QED) is 0.787. The highest BCUT2D eigenvalue weighted by Gasteiger charge is 2.38. The van der Waals surface area contributed by atoms with Crippen LogP contribution >= 0.6 is 27.5 Å². The maximum Gasteiger partial charge on any atom is 0.157 e. The summed E-state index contributed by atoms with van der Waals surface area (Å²) in [5.41, 5.74) is 0.443. The Balaban J connectivity index is 2.15. The van der Waals surface area contributed by atoms with Gasteiger partial charge in [0, 0.05) is 29.0 Å². The van der Waals surface area contributed by atoms with Crippen molar-refractivity contribution in [3.8, 4) is 0 Å². The SMILES string of the molecule is CCC(C)(C(=O)Cc1ccc(Br)cc1Cl)N1CCOCC1. The summed E-state index contributed by atoms with van der Waals surface area (Å²) in [6.07, 6.45) is 1.16. The second-order valence-corrected chi connectivity index (χ2v) is 6.89. The van der Waals surface area contributed by atoms with Crippen LogP contribution in [-0.4, -0.2) is 42.5 Å². The Morgan fingerprint density at radius 1 is 1.43 bits per heavy atom. The van der Waals surface area contributed by atoms with Gasteiger partial charge in [-0.05, 0) is 31.0 Å². The van der Waals surface area contributed by atoms with Crippen molar-refractivity contribution in [2.75, 3.05) is 26.3 Å². The zero-order valence-corrected chi connectivity index (χ0v) is 14.8. The molecule has 5 heteroatoms. The number of hydrogen-bond acceptors (Lipinski definition) is 3. The van der Waals surface area contributed by atoms with Gasteiger partial charge in [0.25, 0.3) is 0 Å². The van der Waals surface area contributed by atoms with Crippen LogP contribution in [0.2, 0.25) is 5.02 Å². The van der Waals surface area contributed by atoms with E-state index in [4.69, 9.17) is 16.3 Å². The number of benzene rings is 1. The van der Waals surface area contributed by atoms with Crippen LogP contribution < -0.4 is 0 Å². The fourth-order valence-corrected chi connectivity index (χ4v) is 3.42. The van der Waals surface area contributed by atoms with E-state index in [2.05, 4.69) is 27.8 Å². The first kappa shape index (κ1) is 16.9. The average molecular weight is 375 g/mol. The first-order chi connectivity index (χ1) is 9.97. The predicted molar refractivity (Wildman–Crippen MR) is 89.0 cm³/mol. The molecule has 0 bridgehead atoms. The zero-order valence-electron chi connectivity index (χ0n) is 12.5. The van der Waals surface area contributed by atoms with Crippen LogP contribution in [0.15, 0.2) is 22.7 Å². The van der Waals surface area contributed by atoms with Gasteiger partial charge in [0.15, 0.2) is 5.78 Å². The van der Waals surface area contributed by atoms with Gasteiger partial charge in [0.05, 0.1) is 18.8 Å². The number of carbonyl (C=O) groups excluding carboxylic acids is 1. The van der Waals surface area contributed by atoms with Gasteiger partial charge in [-0.3, -0.25) is 9.69 Å². The second-order valence-electron chi connectivity index (χ2n) is 5.56. The number of ketones is 1. The minimum Gasteiger partial charge on any atom is -0.379 e. The van der Waals surface area contributed by atoms with Crippen molar-refractivity contribution in [3.63, 3.8) is 0 Å². The lowest BCUT2D eigenvalue weighted by atomic mass is 9.87. The summed E-state index contributed by atoms with van der Waals surface area (Å²) in [7, 11) is 0. The van der Waals surface area contributed by atoms with Gasteiger partial charge in [-0.2, -0.15) is 0 Å². The number of Topliss-reactive ketones (excluding diaryl/α,β-unsaturated/α-hetero) is 1. The van der Waals surface area contributed by atoms with Crippen molar-refractivity contribution in [3.05, 3.63) is 33.3 Å². The Kier molecular flexibility index (Phi) is 5.83. The summed E-state index contributed by atoms with van der Waals surface area (Å²) >= 11 is 9.62. The molecule has 1 aromatic rings. The predicted octanol–water partition coefficient (Wildman–Crippen LogP) is 3.72. The maximum absolute atomic E-state index is 12.8. The molecule has 0 N–H and O–H groups in total. The number of halogens is 2. The summed E-state index contributed by atoms with van der Waals surface area (Å²) < 4.78 is 6.32. The molecule has 1 unspecified atom stereocenters. The lowest BCUT2D eigenvalue weighted by Crippen LogP contribution is -2.56. The Bertz CT molecular complexity index is 517. The van der Waals surface area contributed by atoms with E-state index in [1.807, 2.05) is 25.1 Å². The van der Waals surface area contributed by atoms with Gasteiger partial charge in [-0.1, -0.05) is 40.5 Å². The molecular weight excluding hydrogens is 354 g/mol. The molecule has 1 fully saturated rings. The molecule has 3 nitrogen and oxygen atoms in total. The van der Waals surface area contributed by atoms with Crippen LogP contribution in [0.4, 0.5) is 0 Å². The van der Waals surface area contributed by atoms with Crippen LogP contribution in [0.3, 0.4) is 0 Å². The van der Waals surface area contributed by atoms with Crippen molar-refractivity contribution in [2.45, 2.75) is 32.2 Å². The number of carbonyl (C=O) groups is 1. The molecule has 1 saturated heterocycles. The molecule has 1 aromatic carbocycles. The fourth-order valence-electron chi connectivity index (χ4n) is 2.68. The second kappa shape index (κ2) is 7.23. The van der Waals surface area contributed by atoms with E-state index in [1.165, 1.54) is 0 Å². The van der Waals surface area contributed by atoms with Crippen molar-refractivity contribution in [2.24, 2.45) is 0 Å². The van der Waals surface area contributed by atoms with Gasteiger partial charge in [-0.15, -0.1) is 0 Å². The molecule has 21 heavy (non-hydrogen) atoms. The molecular formula is C16H21BrClNO2. The third kappa shape index (κ3) is 3.86. The van der Waals surface area contributed by atoms with E-state index in [0.717, 1.165) is 29.5 Å². The van der Waals surface area contributed by atoms with E-state index in [0.29, 0.717) is 24.7 Å². The molecule has 1 aliphatic rings. The molecule has 0 saturated carbocycles.